The van der Waals surface area contributed by atoms with Crippen LogP contribution in [0.2, 0.25) is 0 Å². The van der Waals surface area contributed by atoms with Crippen LogP contribution in [0.3, 0.4) is 0 Å². The molecule has 1 aromatic carbocycles. The third-order valence-corrected chi connectivity index (χ3v) is 5.49. The first-order chi connectivity index (χ1) is 10.0. The zero-order valence-electron chi connectivity index (χ0n) is 11.9. The molecule has 114 valence electrons. The molecular formula is C16H20BrNO3. The topological polar surface area (TPSA) is 58.6 Å². The molecule has 1 heterocycles. The van der Waals surface area contributed by atoms with E-state index in [1.54, 1.807) is 0 Å². The fourth-order valence-corrected chi connectivity index (χ4v) is 3.75. The average molecular weight is 354 g/mol. The zero-order valence-corrected chi connectivity index (χ0v) is 13.5. The summed E-state index contributed by atoms with van der Waals surface area (Å²) in [6.45, 7) is 1.94. The van der Waals surface area contributed by atoms with Gasteiger partial charge in [-0.15, -0.1) is 0 Å². The van der Waals surface area contributed by atoms with Gasteiger partial charge in [-0.1, -0.05) is 28.1 Å². The summed E-state index contributed by atoms with van der Waals surface area (Å²) in [6.07, 6.45) is 3.97. The summed E-state index contributed by atoms with van der Waals surface area (Å²) in [4.78, 5) is 10.9. The fraction of sp³-hybridized carbons (Fsp3) is 0.562. The predicted octanol–water partition coefficient (Wildman–Crippen LogP) is 2.91. The van der Waals surface area contributed by atoms with Gasteiger partial charge in [0.1, 0.15) is 6.61 Å². The molecule has 2 fully saturated rings. The molecule has 0 amide bonds. The fourth-order valence-electron chi connectivity index (χ4n) is 3.49. The number of carboxylic acids is 1. The molecule has 1 saturated heterocycles. The lowest BCUT2D eigenvalue weighted by Crippen LogP contribution is -2.57. The van der Waals surface area contributed by atoms with Crippen molar-refractivity contribution in [3.63, 3.8) is 0 Å². The number of carbonyl (C=O) groups is 1. The molecule has 1 aromatic rings. The molecule has 0 unspecified atom stereocenters. The molecule has 2 aliphatic rings. The highest BCUT2D eigenvalue weighted by Crippen LogP contribution is 2.49. The van der Waals surface area contributed by atoms with Crippen LogP contribution in [0, 0.1) is 5.41 Å². The lowest BCUT2D eigenvalue weighted by molar-refractivity contribution is -0.157. The van der Waals surface area contributed by atoms with E-state index in [9.17, 15) is 4.79 Å². The van der Waals surface area contributed by atoms with Crippen molar-refractivity contribution in [2.75, 3.05) is 19.7 Å². The molecule has 4 nitrogen and oxygen atoms in total. The summed E-state index contributed by atoms with van der Waals surface area (Å²) in [6, 6.07) is 8.08. The van der Waals surface area contributed by atoms with Crippen molar-refractivity contribution >= 4 is 21.9 Å². The number of rotatable bonds is 4. The van der Waals surface area contributed by atoms with Crippen LogP contribution in [0.1, 0.15) is 31.2 Å². The van der Waals surface area contributed by atoms with Crippen LogP contribution < -0.4 is 5.32 Å². The normalized spacial score (nSPS) is 22.7. The Morgan fingerprint density at radius 3 is 2.29 bits per heavy atom. The van der Waals surface area contributed by atoms with E-state index >= 15 is 0 Å². The van der Waals surface area contributed by atoms with Gasteiger partial charge in [0.2, 0.25) is 0 Å². The Hall–Kier alpha value is -0.910. The first kappa shape index (κ1) is 15.0. The number of carboxylic acid groups (broad SMARTS) is 1. The number of ether oxygens (including phenoxy) is 1. The van der Waals surface area contributed by atoms with Crippen LogP contribution in [0.25, 0.3) is 0 Å². The Bertz CT molecular complexity index is 515. The second-order valence-electron chi connectivity index (χ2n) is 6.29. The van der Waals surface area contributed by atoms with Gasteiger partial charge in [-0.05, 0) is 48.8 Å². The highest BCUT2D eigenvalue weighted by atomic mass is 79.9. The van der Waals surface area contributed by atoms with Crippen LogP contribution in [-0.4, -0.2) is 30.8 Å². The smallest absolute Gasteiger partial charge is 0.329 e. The maximum Gasteiger partial charge on any atom is 0.329 e. The van der Waals surface area contributed by atoms with E-state index in [2.05, 4.69) is 21.2 Å². The Balaban J connectivity index is 1.81. The van der Waals surface area contributed by atoms with Crippen LogP contribution in [0.5, 0.6) is 0 Å². The Labute approximate surface area is 133 Å². The third kappa shape index (κ3) is 3.00. The van der Waals surface area contributed by atoms with Gasteiger partial charge in [-0.2, -0.15) is 0 Å². The highest BCUT2D eigenvalue weighted by Gasteiger charge is 2.47. The van der Waals surface area contributed by atoms with Gasteiger partial charge in [-0.3, -0.25) is 0 Å². The van der Waals surface area contributed by atoms with E-state index in [0.29, 0.717) is 5.41 Å². The van der Waals surface area contributed by atoms with Crippen molar-refractivity contribution in [3.8, 4) is 0 Å². The first-order valence-electron chi connectivity index (χ1n) is 7.36. The number of nitrogens with one attached hydrogen (secondary N) is 1. The van der Waals surface area contributed by atoms with Crippen molar-refractivity contribution in [1.29, 1.82) is 0 Å². The number of hydrogen-bond donors (Lipinski definition) is 2. The molecule has 1 saturated carbocycles. The van der Waals surface area contributed by atoms with Crippen molar-refractivity contribution in [2.24, 2.45) is 5.41 Å². The molecule has 3 rings (SSSR count). The highest BCUT2D eigenvalue weighted by molar-refractivity contribution is 9.10. The van der Waals surface area contributed by atoms with E-state index in [-0.39, 0.29) is 6.61 Å². The molecule has 0 radical (unpaired) electrons. The minimum atomic E-state index is -0.905. The van der Waals surface area contributed by atoms with Gasteiger partial charge in [0.15, 0.2) is 0 Å². The van der Waals surface area contributed by atoms with Gasteiger partial charge in [0.25, 0.3) is 0 Å². The maximum absolute atomic E-state index is 10.9. The maximum atomic E-state index is 10.9. The molecule has 1 aliphatic carbocycles. The molecule has 21 heavy (non-hydrogen) atoms. The standard InChI is InChI=1S/C16H20BrNO3/c17-13-3-1-12(2-4-13)16(21-9-14(19)20)7-5-15(6-8-16)10-18-11-15/h1-4,18H,5-11H2,(H,19,20). The molecule has 1 aliphatic heterocycles. The van der Waals surface area contributed by atoms with Gasteiger partial charge < -0.3 is 15.2 Å². The second-order valence-corrected chi connectivity index (χ2v) is 7.20. The van der Waals surface area contributed by atoms with E-state index < -0.39 is 11.6 Å². The molecule has 2 N–H and O–H groups in total. The monoisotopic (exact) mass is 353 g/mol. The Morgan fingerprint density at radius 2 is 1.81 bits per heavy atom. The number of benzene rings is 1. The quantitative estimate of drug-likeness (QED) is 0.873. The third-order valence-electron chi connectivity index (χ3n) is 4.96. The Morgan fingerprint density at radius 1 is 1.19 bits per heavy atom. The van der Waals surface area contributed by atoms with Crippen LogP contribution in [0.15, 0.2) is 28.7 Å². The average Bonchev–Trinajstić information content (AvgIpc) is 2.45. The summed E-state index contributed by atoms with van der Waals surface area (Å²) in [5.74, 6) is -0.905. The zero-order chi connectivity index (χ0) is 14.9. The molecular weight excluding hydrogens is 334 g/mol. The summed E-state index contributed by atoms with van der Waals surface area (Å²) in [7, 11) is 0. The molecule has 0 bridgehead atoms. The van der Waals surface area contributed by atoms with Crippen molar-refractivity contribution in [1.82, 2.24) is 5.32 Å². The van der Waals surface area contributed by atoms with Crippen LogP contribution >= 0.6 is 15.9 Å². The number of hydrogen-bond acceptors (Lipinski definition) is 3. The van der Waals surface area contributed by atoms with Crippen LogP contribution in [0.4, 0.5) is 0 Å². The minimum Gasteiger partial charge on any atom is -0.480 e. The van der Waals surface area contributed by atoms with Gasteiger partial charge in [-0.25, -0.2) is 4.79 Å². The number of halogens is 1. The van der Waals surface area contributed by atoms with Crippen molar-refractivity contribution in [3.05, 3.63) is 34.3 Å². The van der Waals surface area contributed by atoms with Crippen molar-refractivity contribution < 1.29 is 14.6 Å². The minimum absolute atomic E-state index is 0.235. The summed E-state index contributed by atoms with van der Waals surface area (Å²) in [5, 5.41) is 12.3. The largest absolute Gasteiger partial charge is 0.480 e. The van der Waals surface area contributed by atoms with E-state index in [1.165, 1.54) is 0 Å². The summed E-state index contributed by atoms with van der Waals surface area (Å²) in [5.41, 5.74) is 1.07. The van der Waals surface area contributed by atoms with Crippen LogP contribution in [-0.2, 0) is 15.1 Å². The SMILES string of the molecule is O=C(O)COC1(c2ccc(Br)cc2)CCC2(CC1)CNC2. The Kier molecular flexibility index (Phi) is 4.08. The molecule has 0 atom stereocenters. The van der Waals surface area contributed by atoms with E-state index in [1.807, 2.05) is 24.3 Å². The summed E-state index contributed by atoms with van der Waals surface area (Å²) >= 11 is 3.44. The lowest BCUT2D eigenvalue weighted by Gasteiger charge is -2.51. The van der Waals surface area contributed by atoms with E-state index in [0.717, 1.165) is 48.8 Å². The second kappa shape index (κ2) is 5.71. The summed E-state index contributed by atoms with van der Waals surface area (Å²) < 4.78 is 6.91. The molecule has 0 aromatic heterocycles. The predicted molar refractivity (Wildman–Crippen MR) is 83.2 cm³/mol. The molecule has 1 spiro atoms. The molecule has 5 heteroatoms. The van der Waals surface area contributed by atoms with Gasteiger partial charge in [0, 0.05) is 17.6 Å². The van der Waals surface area contributed by atoms with Crippen molar-refractivity contribution in [2.45, 2.75) is 31.3 Å². The van der Waals surface area contributed by atoms with Gasteiger partial charge >= 0.3 is 5.97 Å². The first-order valence-corrected chi connectivity index (χ1v) is 8.16. The lowest BCUT2D eigenvalue weighted by atomic mass is 9.64. The van der Waals surface area contributed by atoms with E-state index in [4.69, 9.17) is 9.84 Å². The number of aliphatic carboxylic acids is 1. The van der Waals surface area contributed by atoms with Gasteiger partial charge in [0.05, 0.1) is 5.60 Å².